The van der Waals surface area contributed by atoms with Crippen LogP contribution in [0.3, 0.4) is 0 Å². The molecular weight excluding hydrogens is 355 g/mol. The standard InChI is InChI=1S/C11H10BrFN2O2S2/c12-9-2-1-8(7-10(9)13)19(16,17)15-4-3-11-14-5-6-18-11/h1-2,5-7,15H,3-4H2. The van der Waals surface area contributed by atoms with Gasteiger partial charge in [-0.1, -0.05) is 0 Å². The number of hydrogen-bond acceptors (Lipinski definition) is 4. The lowest BCUT2D eigenvalue weighted by Crippen LogP contribution is -2.26. The van der Waals surface area contributed by atoms with Crippen LogP contribution in [-0.2, 0) is 16.4 Å². The molecule has 0 unspecified atom stereocenters. The van der Waals surface area contributed by atoms with Crippen LogP contribution in [0, 0.1) is 5.82 Å². The van der Waals surface area contributed by atoms with E-state index < -0.39 is 15.8 Å². The Labute approximate surface area is 122 Å². The zero-order chi connectivity index (χ0) is 13.9. The molecule has 1 heterocycles. The van der Waals surface area contributed by atoms with Crippen LogP contribution in [0.25, 0.3) is 0 Å². The summed E-state index contributed by atoms with van der Waals surface area (Å²) in [6.45, 7) is 0.230. The zero-order valence-electron chi connectivity index (χ0n) is 9.64. The van der Waals surface area contributed by atoms with Gasteiger partial charge in [-0.2, -0.15) is 0 Å². The van der Waals surface area contributed by atoms with E-state index in [-0.39, 0.29) is 15.9 Å². The van der Waals surface area contributed by atoms with Crippen molar-refractivity contribution in [1.29, 1.82) is 0 Å². The van der Waals surface area contributed by atoms with Crippen molar-refractivity contribution in [2.45, 2.75) is 11.3 Å². The Morgan fingerprint density at radius 2 is 2.21 bits per heavy atom. The average Bonchev–Trinajstić information content (AvgIpc) is 2.85. The SMILES string of the molecule is O=S(=O)(NCCc1nccs1)c1ccc(Br)c(F)c1. The fourth-order valence-electron chi connectivity index (χ4n) is 1.40. The van der Waals surface area contributed by atoms with Gasteiger partial charge in [0.1, 0.15) is 5.82 Å². The van der Waals surface area contributed by atoms with Crippen molar-refractivity contribution in [3.63, 3.8) is 0 Å². The molecule has 1 N–H and O–H groups in total. The molecule has 2 aromatic rings. The third-order valence-electron chi connectivity index (χ3n) is 2.32. The van der Waals surface area contributed by atoms with E-state index in [1.165, 1.54) is 23.5 Å². The molecule has 4 nitrogen and oxygen atoms in total. The number of halogens is 2. The van der Waals surface area contributed by atoms with Crippen molar-refractivity contribution in [2.75, 3.05) is 6.54 Å². The first-order valence-electron chi connectivity index (χ1n) is 5.32. The molecule has 1 aromatic heterocycles. The Bertz CT molecular complexity index is 659. The van der Waals surface area contributed by atoms with Crippen LogP contribution in [0.4, 0.5) is 4.39 Å². The lowest BCUT2D eigenvalue weighted by atomic mass is 10.3. The number of benzene rings is 1. The van der Waals surface area contributed by atoms with Gasteiger partial charge < -0.3 is 0 Å². The molecule has 2 rings (SSSR count). The molecule has 8 heteroatoms. The number of nitrogens with zero attached hydrogens (tertiary/aromatic N) is 1. The summed E-state index contributed by atoms with van der Waals surface area (Å²) in [6.07, 6.45) is 2.18. The van der Waals surface area contributed by atoms with Crippen LogP contribution in [-0.4, -0.2) is 19.9 Å². The average molecular weight is 365 g/mol. The van der Waals surface area contributed by atoms with Gasteiger partial charge >= 0.3 is 0 Å². The van der Waals surface area contributed by atoms with Gasteiger partial charge in [-0.05, 0) is 34.1 Å². The normalized spacial score (nSPS) is 11.7. The molecular formula is C11H10BrFN2O2S2. The van der Waals surface area contributed by atoms with Crippen LogP contribution >= 0.6 is 27.3 Å². The highest BCUT2D eigenvalue weighted by molar-refractivity contribution is 9.10. The van der Waals surface area contributed by atoms with E-state index in [0.717, 1.165) is 11.1 Å². The van der Waals surface area contributed by atoms with E-state index in [2.05, 4.69) is 25.6 Å². The molecule has 0 saturated carbocycles. The number of rotatable bonds is 5. The number of thiazole rings is 1. The van der Waals surface area contributed by atoms with E-state index in [0.29, 0.717) is 6.42 Å². The van der Waals surface area contributed by atoms with Crippen LogP contribution in [0.2, 0.25) is 0 Å². The highest BCUT2D eigenvalue weighted by Gasteiger charge is 2.15. The minimum atomic E-state index is -3.69. The summed E-state index contributed by atoms with van der Waals surface area (Å²) in [5.74, 6) is -0.609. The van der Waals surface area contributed by atoms with E-state index in [4.69, 9.17) is 0 Å². The van der Waals surface area contributed by atoms with Crippen molar-refractivity contribution >= 4 is 37.3 Å². The maximum Gasteiger partial charge on any atom is 0.240 e. The maximum atomic E-state index is 13.3. The molecule has 1 aromatic carbocycles. The van der Waals surface area contributed by atoms with Crippen LogP contribution in [0.1, 0.15) is 5.01 Å². The number of aromatic nitrogens is 1. The predicted octanol–water partition coefficient (Wildman–Crippen LogP) is 2.57. The summed E-state index contributed by atoms with van der Waals surface area (Å²) < 4.78 is 39.8. The van der Waals surface area contributed by atoms with Crippen LogP contribution in [0.5, 0.6) is 0 Å². The third-order valence-corrected chi connectivity index (χ3v) is 5.26. The number of hydrogen-bond donors (Lipinski definition) is 1. The Balaban J connectivity index is 2.03. The largest absolute Gasteiger partial charge is 0.250 e. The molecule has 0 bridgehead atoms. The highest BCUT2D eigenvalue weighted by atomic mass is 79.9. The lowest BCUT2D eigenvalue weighted by molar-refractivity contribution is 0.577. The summed E-state index contributed by atoms with van der Waals surface area (Å²) in [5.41, 5.74) is 0. The summed E-state index contributed by atoms with van der Waals surface area (Å²) in [4.78, 5) is 3.96. The van der Waals surface area contributed by atoms with Gasteiger partial charge in [0.2, 0.25) is 10.0 Å². The van der Waals surface area contributed by atoms with Crippen molar-refractivity contribution in [1.82, 2.24) is 9.71 Å². The van der Waals surface area contributed by atoms with E-state index >= 15 is 0 Å². The fourth-order valence-corrected chi connectivity index (χ4v) is 3.31. The van der Waals surface area contributed by atoms with Gasteiger partial charge in [-0.15, -0.1) is 11.3 Å². The Morgan fingerprint density at radius 3 is 2.84 bits per heavy atom. The Kier molecular flexibility index (Phi) is 4.67. The minimum absolute atomic E-state index is 0.0904. The summed E-state index contributed by atoms with van der Waals surface area (Å²) in [7, 11) is -3.69. The molecule has 0 atom stereocenters. The topological polar surface area (TPSA) is 59.1 Å². The molecule has 0 aliphatic rings. The first-order valence-corrected chi connectivity index (χ1v) is 8.48. The van der Waals surface area contributed by atoms with Crippen molar-refractivity contribution in [3.05, 3.63) is 45.1 Å². The maximum absolute atomic E-state index is 13.3. The second-order valence-corrected chi connectivity index (χ2v) is 7.25. The summed E-state index contributed by atoms with van der Waals surface area (Å²) in [6, 6.07) is 3.69. The lowest BCUT2D eigenvalue weighted by Gasteiger charge is -2.06. The smallest absolute Gasteiger partial charge is 0.240 e. The fraction of sp³-hybridized carbons (Fsp3) is 0.182. The predicted molar refractivity (Wildman–Crippen MR) is 75.1 cm³/mol. The molecule has 0 saturated heterocycles. The quantitative estimate of drug-likeness (QED) is 0.886. The zero-order valence-corrected chi connectivity index (χ0v) is 12.9. The van der Waals surface area contributed by atoms with E-state index in [1.807, 2.05) is 5.38 Å². The first-order chi connectivity index (χ1) is 8.99. The number of sulfonamides is 1. The Hall–Kier alpha value is -0.830. The monoisotopic (exact) mass is 364 g/mol. The van der Waals surface area contributed by atoms with E-state index in [1.54, 1.807) is 6.20 Å². The second kappa shape index (κ2) is 6.08. The first kappa shape index (κ1) is 14.6. The van der Waals surface area contributed by atoms with Gasteiger partial charge in [0.25, 0.3) is 0 Å². The van der Waals surface area contributed by atoms with Crippen molar-refractivity contribution in [3.8, 4) is 0 Å². The van der Waals surface area contributed by atoms with Gasteiger partial charge in [0.05, 0.1) is 14.4 Å². The van der Waals surface area contributed by atoms with Gasteiger partial charge in [0.15, 0.2) is 0 Å². The van der Waals surface area contributed by atoms with E-state index in [9.17, 15) is 12.8 Å². The number of nitrogens with one attached hydrogen (secondary N) is 1. The molecule has 19 heavy (non-hydrogen) atoms. The third kappa shape index (κ3) is 3.82. The van der Waals surface area contributed by atoms with Crippen molar-refractivity contribution in [2.24, 2.45) is 0 Å². The van der Waals surface area contributed by atoms with Gasteiger partial charge in [0, 0.05) is 24.5 Å². The van der Waals surface area contributed by atoms with Gasteiger partial charge in [-0.3, -0.25) is 0 Å². The van der Waals surface area contributed by atoms with Gasteiger partial charge in [-0.25, -0.2) is 22.5 Å². The molecule has 0 aliphatic heterocycles. The molecule has 102 valence electrons. The minimum Gasteiger partial charge on any atom is -0.250 e. The molecule has 0 spiro atoms. The molecule has 0 aliphatic carbocycles. The molecule has 0 fully saturated rings. The van der Waals surface area contributed by atoms with Crippen LogP contribution in [0.15, 0.2) is 39.1 Å². The second-order valence-electron chi connectivity index (χ2n) is 3.65. The summed E-state index contributed by atoms with van der Waals surface area (Å²) >= 11 is 4.44. The van der Waals surface area contributed by atoms with Crippen molar-refractivity contribution < 1.29 is 12.8 Å². The highest BCUT2D eigenvalue weighted by Crippen LogP contribution is 2.19. The molecule has 0 amide bonds. The summed E-state index contributed by atoms with van der Waals surface area (Å²) in [5, 5.41) is 2.68. The van der Waals surface area contributed by atoms with Crippen LogP contribution < -0.4 is 4.72 Å². The Morgan fingerprint density at radius 1 is 1.42 bits per heavy atom. The molecule has 0 radical (unpaired) electrons.